The Morgan fingerprint density at radius 2 is 1.79 bits per heavy atom. The minimum absolute atomic E-state index is 0.0249. The number of benzene rings is 2. The monoisotopic (exact) mass is 476 g/mol. The van der Waals surface area contributed by atoms with Crippen molar-refractivity contribution in [3.05, 3.63) is 92.1 Å². The minimum atomic E-state index is 0.0249. The maximum absolute atomic E-state index is 13.6. The first-order chi connectivity index (χ1) is 16.0. The topological polar surface area (TPSA) is 52.0 Å². The molecule has 4 rings (SSSR count). The highest BCUT2D eigenvalue weighted by atomic mass is 32.2. The SMILES string of the molecule is CCc1sc2nc(SCCCC(=O)c3ccccc3)n(Cc3ccc(C)cc3)c(=O)c2c1C. The molecule has 0 bridgehead atoms. The maximum Gasteiger partial charge on any atom is 0.263 e. The number of fused-ring (bicyclic) bond motifs is 1. The molecule has 0 N–H and O–H groups in total. The van der Waals surface area contributed by atoms with Crippen molar-refractivity contribution in [3.8, 4) is 0 Å². The summed E-state index contributed by atoms with van der Waals surface area (Å²) >= 11 is 3.18. The van der Waals surface area contributed by atoms with Crippen LogP contribution in [0.2, 0.25) is 0 Å². The second-order valence-electron chi connectivity index (χ2n) is 8.20. The molecule has 2 aromatic heterocycles. The Hall–Kier alpha value is -2.70. The summed E-state index contributed by atoms with van der Waals surface area (Å²) in [6, 6.07) is 17.7. The Kier molecular flexibility index (Phi) is 7.46. The molecule has 0 saturated heterocycles. The van der Waals surface area contributed by atoms with Crippen LogP contribution in [0.4, 0.5) is 0 Å². The van der Waals surface area contributed by atoms with Gasteiger partial charge in [-0.25, -0.2) is 4.98 Å². The van der Waals surface area contributed by atoms with E-state index in [1.165, 1.54) is 10.4 Å². The third kappa shape index (κ3) is 5.28. The molecule has 0 saturated carbocycles. The van der Waals surface area contributed by atoms with Gasteiger partial charge in [-0.15, -0.1) is 11.3 Å². The zero-order valence-corrected chi connectivity index (χ0v) is 20.9. The van der Waals surface area contributed by atoms with Gasteiger partial charge in [0.2, 0.25) is 0 Å². The number of thiophene rings is 1. The third-order valence-corrected chi connectivity index (χ3v) is 8.16. The van der Waals surface area contributed by atoms with Gasteiger partial charge >= 0.3 is 0 Å². The van der Waals surface area contributed by atoms with Crippen molar-refractivity contribution in [3.63, 3.8) is 0 Å². The van der Waals surface area contributed by atoms with Crippen molar-refractivity contribution < 1.29 is 4.79 Å². The lowest BCUT2D eigenvalue weighted by Gasteiger charge is -2.12. The van der Waals surface area contributed by atoms with E-state index in [1.807, 2.05) is 37.3 Å². The number of nitrogens with zero attached hydrogens (tertiary/aromatic N) is 2. The largest absolute Gasteiger partial charge is 0.294 e. The number of hydrogen-bond donors (Lipinski definition) is 0. The normalized spacial score (nSPS) is 11.2. The second-order valence-corrected chi connectivity index (χ2v) is 10.3. The van der Waals surface area contributed by atoms with Gasteiger partial charge in [0.05, 0.1) is 11.9 Å². The van der Waals surface area contributed by atoms with Gasteiger partial charge in [0, 0.05) is 22.6 Å². The van der Waals surface area contributed by atoms with E-state index in [1.54, 1.807) is 27.7 Å². The predicted molar refractivity (Wildman–Crippen MR) is 139 cm³/mol. The molecule has 33 heavy (non-hydrogen) atoms. The van der Waals surface area contributed by atoms with Crippen molar-refractivity contribution in [2.45, 2.75) is 51.7 Å². The number of carbonyl (C=O) groups is 1. The average Bonchev–Trinajstić information content (AvgIpc) is 3.16. The van der Waals surface area contributed by atoms with E-state index in [2.05, 4.69) is 38.1 Å². The van der Waals surface area contributed by atoms with E-state index in [4.69, 9.17) is 4.98 Å². The first-order valence-electron chi connectivity index (χ1n) is 11.3. The molecule has 0 aliphatic rings. The molecule has 0 spiro atoms. The predicted octanol–water partition coefficient (Wildman–Crippen LogP) is 6.44. The molecular weight excluding hydrogens is 448 g/mol. The van der Waals surface area contributed by atoms with Crippen LogP contribution in [0.5, 0.6) is 0 Å². The summed E-state index contributed by atoms with van der Waals surface area (Å²) in [6.07, 6.45) is 2.12. The fourth-order valence-corrected chi connectivity index (χ4v) is 5.97. The van der Waals surface area contributed by atoms with Crippen LogP contribution in [-0.2, 0) is 13.0 Å². The van der Waals surface area contributed by atoms with Crippen molar-refractivity contribution >= 4 is 39.1 Å². The molecule has 6 heteroatoms. The maximum atomic E-state index is 13.6. The zero-order chi connectivity index (χ0) is 23.4. The van der Waals surface area contributed by atoms with Crippen LogP contribution in [0.25, 0.3) is 10.2 Å². The molecule has 0 unspecified atom stereocenters. The second kappa shape index (κ2) is 10.5. The van der Waals surface area contributed by atoms with Gasteiger partial charge in [-0.1, -0.05) is 78.8 Å². The third-order valence-electron chi connectivity index (χ3n) is 5.77. The van der Waals surface area contributed by atoms with E-state index >= 15 is 0 Å². The summed E-state index contributed by atoms with van der Waals surface area (Å²) in [7, 11) is 0. The fraction of sp³-hybridized carbons (Fsp3) is 0.296. The Morgan fingerprint density at radius 1 is 1.06 bits per heavy atom. The highest BCUT2D eigenvalue weighted by Crippen LogP contribution is 2.30. The van der Waals surface area contributed by atoms with Crippen LogP contribution in [0, 0.1) is 13.8 Å². The van der Waals surface area contributed by atoms with Gasteiger partial charge in [-0.2, -0.15) is 0 Å². The van der Waals surface area contributed by atoms with Gasteiger partial charge in [0.1, 0.15) is 4.83 Å². The molecule has 0 fully saturated rings. The highest BCUT2D eigenvalue weighted by molar-refractivity contribution is 7.99. The van der Waals surface area contributed by atoms with Gasteiger partial charge in [0.25, 0.3) is 5.56 Å². The summed E-state index contributed by atoms with van der Waals surface area (Å²) in [4.78, 5) is 32.9. The number of Topliss-reactive ketones (excluding diaryl/α,β-unsaturated/α-hetero) is 1. The molecule has 0 aliphatic heterocycles. The van der Waals surface area contributed by atoms with Crippen LogP contribution < -0.4 is 5.56 Å². The van der Waals surface area contributed by atoms with Crippen LogP contribution in [-0.4, -0.2) is 21.1 Å². The molecule has 0 amide bonds. The number of rotatable bonds is 9. The Bertz CT molecular complexity index is 1320. The van der Waals surface area contributed by atoms with Crippen LogP contribution in [0.3, 0.4) is 0 Å². The lowest BCUT2D eigenvalue weighted by Crippen LogP contribution is -2.24. The number of carbonyl (C=O) groups excluding carboxylic acids is 1. The smallest absolute Gasteiger partial charge is 0.263 e. The van der Waals surface area contributed by atoms with E-state index in [-0.39, 0.29) is 11.3 Å². The number of thioether (sulfide) groups is 1. The number of hydrogen-bond acceptors (Lipinski definition) is 5. The van der Waals surface area contributed by atoms with E-state index in [9.17, 15) is 9.59 Å². The van der Waals surface area contributed by atoms with Crippen molar-refractivity contribution in [1.82, 2.24) is 9.55 Å². The van der Waals surface area contributed by atoms with Gasteiger partial charge in [-0.3, -0.25) is 14.2 Å². The van der Waals surface area contributed by atoms with Crippen molar-refractivity contribution in [2.24, 2.45) is 0 Å². The molecule has 0 atom stereocenters. The van der Waals surface area contributed by atoms with E-state index in [0.717, 1.165) is 50.7 Å². The lowest BCUT2D eigenvalue weighted by molar-refractivity contribution is 0.0982. The summed E-state index contributed by atoms with van der Waals surface area (Å²) in [5, 5.41) is 1.47. The average molecular weight is 477 g/mol. The summed E-state index contributed by atoms with van der Waals surface area (Å²) in [5.41, 5.74) is 4.10. The first kappa shape index (κ1) is 23.5. The molecular formula is C27H28N2O2S2. The molecule has 0 radical (unpaired) electrons. The van der Waals surface area contributed by atoms with Crippen LogP contribution in [0.15, 0.2) is 64.5 Å². The zero-order valence-electron chi connectivity index (χ0n) is 19.3. The number of ketones is 1. The Labute approximate surface area is 202 Å². The molecule has 2 heterocycles. The van der Waals surface area contributed by atoms with E-state index < -0.39 is 0 Å². The van der Waals surface area contributed by atoms with Gasteiger partial charge in [0.15, 0.2) is 10.9 Å². The standard InChI is InChI=1S/C27H28N2O2S2/c1-4-23-19(3)24-25(33-23)28-27(29(26(24)31)17-20-14-12-18(2)13-15-20)32-16-8-11-22(30)21-9-6-5-7-10-21/h5-7,9-10,12-15H,4,8,11,16-17H2,1-3H3. The molecule has 2 aromatic carbocycles. The summed E-state index contributed by atoms with van der Waals surface area (Å²) in [5.74, 6) is 0.883. The molecule has 4 nitrogen and oxygen atoms in total. The van der Waals surface area contributed by atoms with Crippen LogP contribution >= 0.6 is 23.1 Å². The van der Waals surface area contributed by atoms with Crippen LogP contribution in [0.1, 0.15) is 51.7 Å². The molecule has 4 aromatic rings. The Balaban J connectivity index is 1.59. The molecule has 170 valence electrons. The van der Waals surface area contributed by atoms with Crippen molar-refractivity contribution in [2.75, 3.05) is 5.75 Å². The number of aromatic nitrogens is 2. The van der Waals surface area contributed by atoms with Crippen molar-refractivity contribution in [1.29, 1.82) is 0 Å². The Morgan fingerprint density at radius 3 is 2.48 bits per heavy atom. The fourth-order valence-electron chi connectivity index (χ4n) is 3.87. The van der Waals surface area contributed by atoms with Gasteiger partial charge < -0.3 is 0 Å². The minimum Gasteiger partial charge on any atom is -0.294 e. The quantitative estimate of drug-likeness (QED) is 0.121. The summed E-state index contributed by atoms with van der Waals surface area (Å²) < 4.78 is 1.80. The number of aryl methyl sites for hydroxylation is 3. The van der Waals surface area contributed by atoms with E-state index in [0.29, 0.717) is 13.0 Å². The summed E-state index contributed by atoms with van der Waals surface area (Å²) in [6.45, 7) is 6.69. The molecule has 0 aliphatic carbocycles. The first-order valence-corrected chi connectivity index (χ1v) is 13.1. The highest BCUT2D eigenvalue weighted by Gasteiger charge is 2.18. The lowest BCUT2D eigenvalue weighted by atomic mass is 10.1. The van der Waals surface area contributed by atoms with Gasteiger partial charge in [-0.05, 0) is 37.8 Å².